The van der Waals surface area contributed by atoms with Crippen molar-refractivity contribution in [1.82, 2.24) is 9.97 Å². The largest absolute Gasteiger partial charge is 0.249 e. The maximum atomic E-state index is 4.32. The van der Waals surface area contributed by atoms with Crippen molar-refractivity contribution in [3.63, 3.8) is 0 Å². The molecule has 16 heavy (non-hydrogen) atoms. The van der Waals surface area contributed by atoms with E-state index in [-0.39, 0.29) is 12.4 Å². The van der Waals surface area contributed by atoms with Crippen LogP contribution in [0.5, 0.6) is 0 Å². The van der Waals surface area contributed by atoms with E-state index in [0.29, 0.717) is 0 Å². The van der Waals surface area contributed by atoms with Crippen LogP contribution in [0.25, 0.3) is 0 Å². The van der Waals surface area contributed by atoms with Gasteiger partial charge in [0.1, 0.15) is 10.1 Å². The molecule has 0 saturated heterocycles. The van der Waals surface area contributed by atoms with Crippen molar-refractivity contribution in [3.8, 4) is 0 Å². The van der Waals surface area contributed by atoms with Gasteiger partial charge in [-0.1, -0.05) is 6.07 Å². The minimum absolute atomic E-state index is 0. The van der Waals surface area contributed by atoms with Crippen LogP contribution in [0.3, 0.4) is 0 Å². The monoisotopic (exact) mass is 316 g/mol. The topological polar surface area (TPSA) is 25.8 Å². The van der Waals surface area contributed by atoms with Gasteiger partial charge in [0.15, 0.2) is 0 Å². The van der Waals surface area contributed by atoms with E-state index in [9.17, 15) is 0 Å². The molecule has 0 atom stereocenters. The van der Waals surface area contributed by atoms with E-state index >= 15 is 0 Å². The molecule has 2 heterocycles. The number of hydrogen-bond acceptors (Lipinski definition) is 3. The second-order valence-corrected chi connectivity index (χ2v) is 4.93. The third-order valence-corrected chi connectivity index (χ3v) is 3.68. The quantitative estimate of drug-likeness (QED) is 0.833. The fourth-order valence-electron chi connectivity index (χ4n) is 1.06. The van der Waals surface area contributed by atoms with Gasteiger partial charge >= 0.3 is 0 Å². The molecule has 2 nitrogen and oxygen atoms in total. The molecule has 0 fully saturated rings. The zero-order chi connectivity index (χ0) is 10.7. The smallest absolute Gasteiger partial charge is 0.116 e. The Bertz CT molecular complexity index is 462. The molecule has 0 aromatic carbocycles. The maximum Gasteiger partial charge on any atom is 0.116 e. The van der Waals surface area contributed by atoms with E-state index in [1.54, 1.807) is 18.0 Å². The van der Waals surface area contributed by atoms with E-state index in [0.717, 1.165) is 14.5 Å². The van der Waals surface area contributed by atoms with E-state index in [1.165, 1.54) is 5.56 Å². The average Bonchev–Trinajstić information content (AvgIpc) is 2.25. The lowest BCUT2D eigenvalue weighted by molar-refractivity contribution is 1.07. The first-order valence-electron chi connectivity index (χ1n) is 4.47. The van der Waals surface area contributed by atoms with Crippen molar-refractivity contribution in [3.05, 3.63) is 46.7 Å². The van der Waals surface area contributed by atoms with Crippen molar-refractivity contribution < 1.29 is 0 Å². The Labute approximate surface area is 113 Å². The Morgan fingerprint density at radius 3 is 2.62 bits per heavy atom. The summed E-state index contributed by atoms with van der Waals surface area (Å²) in [5.41, 5.74) is 1.17. The molecule has 0 unspecified atom stereocenters. The second kappa shape index (κ2) is 6.23. The molecule has 0 radical (unpaired) electrons. The summed E-state index contributed by atoms with van der Waals surface area (Å²) in [6, 6.07) is 7.92. The van der Waals surface area contributed by atoms with Crippen molar-refractivity contribution in [2.45, 2.75) is 17.0 Å². The summed E-state index contributed by atoms with van der Waals surface area (Å²) in [7, 11) is 0. The normalized spacial score (nSPS) is 9.62. The number of nitrogens with zero attached hydrogens (tertiary/aromatic N) is 2. The summed E-state index contributed by atoms with van der Waals surface area (Å²) < 4.78 is 0.998. The van der Waals surface area contributed by atoms with Crippen molar-refractivity contribution in [2.24, 2.45) is 0 Å². The SMILES string of the molecule is Cc1ccc(Sc2ncccc2Br)nc1.Cl. The number of halogens is 2. The van der Waals surface area contributed by atoms with E-state index in [4.69, 9.17) is 0 Å². The highest BCUT2D eigenvalue weighted by Crippen LogP contribution is 2.29. The van der Waals surface area contributed by atoms with Crippen LogP contribution in [0.1, 0.15) is 5.56 Å². The fourth-order valence-corrected chi connectivity index (χ4v) is 2.28. The molecule has 2 aromatic heterocycles. The molecule has 0 N–H and O–H groups in total. The van der Waals surface area contributed by atoms with Crippen molar-refractivity contribution in [1.29, 1.82) is 0 Å². The predicted octanol–water partition coefficient (Wildman–Crippen LogP) is 4.12. The first-order chi connectivity index (χ1) is 7.25. The maximum absolute atomic E-state index is 4.32. The van der Waals surface area contributed by atoms with Gasteiger partial charge in [0.25, 0.3) is 0 Å². The standard InChI is InChI=1S/C11H9BrN2S.ClH/c1-8-4-5-10(14-7-8)15-11-9(12)3-2-6-13-11;/h2-7H,1H3;1H. The molecule has 0 aliphatic carbocycles. The Hall–Kier alpha value is -0.580. The lowest BCUT2D eigenvalue weighted by atomic mass is 10.3. The summed E-state index contributed by atoms with van der Waals surface area (Å²) in [5.74, 6) is 0. The first kappa shape index (κ1) is 13.5. The second-order valence-electron chi connectivity index (χ2n) is 3.07. The van der Waals surface area contributed by atoms with Gasteiger partial charge in [-0.25, -0.2) is 9.97 Å². The zero-order valence-electron chi connectivity index (χ0n) is 8.55. The number of rotatable bonds is 2. The first-order valence-corrected chi connectivity index (χ1v) is 6.08. The van der Waals surface area contributed by atoms with Crippen LogP contribution in [0.4, 0.5) is 0 Å². The van der Waals surface area contributed by atoms with E-state index < -0.39 is 0 Å². The molecule has 2 rings (SSSR count). The van der Waals surface area contributed by atoms with Crippen molar-refractivity contribution >= 4 is 40.1 Å². The summed E-state index contributed by atoms with van der Waals surface area (Å²) in [6.07, 6.45) is 3.64. The van der Waals surface area contributed by atoms with Gasteiger partial charge in [0.05, 0.1) is 4.47 Å². The van der Waals surface area contributed by atoms with Crippen LogP contribution < -0.4 is 0 Å². The van der Waals surface area contributed by atoms with Gasteiger partial charge in [-0.2, -0.15) is 0 Å². The molecule has 0 bridgehead atoms. The summed E-state index contributed by atoms with van der Waals surface area (Å²) in [5, 5.41) is 1.90. The lowest BCUT2D eigenvalue weighted by Gasteiger charge is -2.01. The Kier molecular flexibility index (Phi) is 5.25. The summed E-state index contributed by atoms with van der Waals surface area (Å²) >= 11 is 5.01. The molecule has 84 valence electrons. The van der Waals surface area contributed by atoms with Crippen LogP contribution in [0.15, 0.2) is 51.2 Å². The summed E-state index contributed by atoms with van der Waals surface area (Å²) in [6.45, 7) is 2.03. The molecule has 0 spiro atoms. The van der Waals surface area contributed by atoms with Gasteiger partial charge in [-0.05, 0) is 58.4 Å². The molecule has 5 heteroatoms. The van der Waals surface area contributed by atoms with Crippen LogP contribution in [0.2, 0.25) is 0 Å². The predicted molar refractivity (Wildman–Crippen MR) is 72.3 cm³/mol. The highest BCUT2D eigenvalue weighted by Gasteiger charge is 2.03. The molecule has 0 aliphatic heterocycles. The van der Waals surface area contributed by atoms with Crippen molar-refractivity contribution in [2.75, 3.05) is 0 Å². The highest BCUT2D eigenvalue weighted by atomic mass is 79.9. The van der Waals surface area contributed by atoms with E-state index in [1.807, 2.05) is 37.4 Å². The van der Waals surface area contributed by atoms with Crippen LogP contribution in [0, 0.1) is 6.92 Å². The van der Waals surface area contributed by atoms with Gasteiger partial charge in [-0.3, -0.25) is 0 Å². The molecule has 2 aromatic rings. The number of hydrogen-bond donors (Lipinski definition) is 0. The molecule has 0 aliphatic rings. The van der Waals surface area contributed by atoms with E-state index in [2.05, 4.69) is 25.9 Å². The molecule has 0 amide bonds. The molecular weight excluding hydrogens is 308 g/mol. The third-order valence-electron chi connectivity index (χ3n) is 1.81. The third kappa shape index (κ3) is 3.47. The van der Waals surface area contributed by atoms with Gasteiger partial charge < -0.3 is 0 Å². The van der Waals surface area contributed by atoms with Crippen LogP contribution in [-0.2, 0) is 0 Å². The molecular formula is C11H10BrClN2S. The number of aryl methyl sites for hydroxylation is 1. The minimum Gasteiger partial charge on any atom is -0.249 e. The summed E-state index contributed by atoms with van der Waals surface area (Å²) in [4.78, 5) is 8.59. The van der Waals surface area contributed by atoms with Gasteiger partial charge in [-0.15, -0.1) is 12.4 Å². The fraction of sp³-hybridized carbons (Fsp3) is 0.0909. The van der Waals surface area contributed by atoms with Gasteiger partial charge in [0.2, 0.25) is 0 Å². The van der Waals surface area contributed by atoms with Gasteiger partial charge in [0, 0.05) is 12.4 Å². The zero-order valence-corrected chi connectivity index (χ0v) is 11.8. The highest BCUT2D eigenvalue weighted by molar-refractivity contribution is 9.10. The average molecular weight is 318 g/mol. The minimum atomic E-state index is 0. The number of pyridine rings is 2. The Morgan fingerprint density at radius 2 is 2.00 bits per heavy atom. The van der Waals surface area contributed by atoms with Crippen LogP contribution >= 0.6 is 40.1 Å². The number of aromatic nitrogens is 2. The van der Waals surface area contributed by atoms with Crippen LogP contribution in [-0.4, -0.2) is 9.97 Å². The molecule has 0 saturated carbocycles. The Morgan fingerprint density at radius 1 is 1.19 bits per heavy atom. The lowest BCUT2D eigenvalue weighted by Crippen LogP contribution is -1.84. The Balaban J connectivity index is 0.00000128.